The number of benzene rings is 1. The molecule has 0 fully saturated rings. The van der Waals surface area contributed by atoms with Crippen LogP contribution in [-0.4, -0.2) is 22.6 Å². The number of aromatic nitrogens is 1. The summed E-state index contributed by atoms with van der Waals surface area (Å²) in [6.45, 7) is 1.82. The van der Waals surface area contributed by atoms with Crippen molar-refractivity contribution < 1.29 is 9.90 Å². The van der Waals surface area contributed by atoms with Gasteiger partial charge in [-0.1, -0.05) is 24.3 Å². The largest absolute Gasteiger partial charge is 0.481 e. The van der Waals surface area contributed by atoms with Crippen molar-refractivity contribution in [3.63, 3.8) is 0 Å². The van der Waals surface area contributed by atoms with Crippen molar-refractivity contribution in [1.82, 2.24) is 4.98 Å². The van der Waals surface area contributed by atoms with E-state index in [1.165, 1.54) is 22.5 Å². The maximum Gasteiger partial charge on any atom is 0.309 e. The lowest BCUT2D eigenvalue weighted by atomic mass is 10.0. The van der Waals surface area contributed by atoms with Gasteiger partial charge in [-0.2, -0.15) is 0 Å². The molecule has 0 aliphatic carbocycles. The molecule has 2 aromatic rings. The van der Waals surface area contributed by atoms with E-state index in [9.17, 15) is 4.79 Å². The fraction of sp³-hybridized carbons (Fsp3) is 0.333. The quantitative estimate of drug-likeness (QED) is 0.943. The van der Waals surface area contributed by atoms with E-state index >= 15 is 0 Å². The Morgan fingerprint density at radius 3 is 2.95 bits per heavy atom. The second kappa shape index (κ2) is 5.63. The van der Waals surface area contributed by atoms with E-state index in [4.69, 9.17) is 5.11 Å². The Morgan fingerprint density at radius 1 is 1.35 bits per heavy atom. The standard InChI is InChI=1S/C15H16N2O2S/c18-14(19)8-13-10-20-15(16-13)17-7-3-6-11-4-1-2-5-12(11)9-17/h1-2,4-5,10H,3,6-9H2,(H,18,19). The van der Waals surface area contributed by atoms with Crippen molar-refractivity contribution in [3.05, 3.63) is 46.5 Å². The first-order valence-corrected chi connectivity index (χ1v) is 7.58. The summed E-state index contributed by atoms with van der Waals surface area (Å²) in [6.07, 6.45) is 2.20. The molecule has 1 aliphatic rings. The van der Waals surface area contributed by atoms with Crippen molar-refractivity contribution >= 4 is 22.4 Å². The lowest BCUT2D eigenvalue weighted by Crippen LogP contribution is -2.22. The summed E-state index contributed by atoms with van der Waals surface area (Å²) in [7, 11) is 0. The summed E-state index contributed by atoms with van der Waals surface area (Å²) < 4.78 is 0. The van der Waals surface area contributed by atoms with Crippen LogP contribution in [0.3, 0.4) is 0 Å². The monoisotopic (exact) mass is 288 g/mol. The maximum absolute atomic E-state index is 10.7. The maximum atomic E-state index is 10.7. The summed E-state index contributed by atoms with van der Waals surface area (Å²) in [6, 6.07) is 8.51. The fourth-order valence-corrected chi connectivity index (χ4v) is 3.39. The highest BCUT2D eigenvalue weighted by Crippen LogP contribution is 2.26. The van der Waals surface area contributed by atoms with Crippen molar-refractivity contribution in [2.45, 2.75) is 25.8 Å². The zero-order valence-electron chi connectivity index (χ0n) is 11.1. The van der Waals surface area contributed by atoms with Crippen molar-refractivity contribution in [2.75, 3.05) is 11.4 Å². The van der Waals surface area contributed by atoms with Crippen LogP contribution in [0.1, 0.15) is 23.2 Å². The molecule has 0 saturated heterocycles. The molecule has 0 bridgehead atoms. The van der Waals surface area contributed by atoms with E-state index in [0.717, 1.165) is 31.1 Å². The van der Waals surface area contributed by atoms with E-state index in [2.05, 4.69) is 34.1 Å². The Hall–Kier alpha value is -1.88. The molecule has 0 radical (unpaired) electrons. The molecule has 1 aromatic carbocycles. The molecule has 0 amide bonds. The second-order valence-corrected chi connectivity index (χ2v) is 5.82. The number of rotatable bonds is 3. The smallest absolute Gasteiger partial charge is 0.309 e. The predicted octanol–water partition coefficient (Wildman–Crippen LogP) is 2.72. The number of anilines is 1. The molecule has 3 rings (SSSR count). The van der Waals surface area contributed by atoms with E-state index in [0.29, 0.717) is 5.69 Å². The third-order valence-corrected chi connectivity index (χ3v) is 4.45. The van der Waals surface area contributed by atoms with Crippen LogP contribution in [0.4, 0.5) is 5.13 Å². The van der Waals surface area contributed by atoms with Crippen LogP contribution in [-0.2, 0) is 24.2 Å². The summed E-state index contributed by atoms with van der Waals surface area (Å²) in [4.78, 5) is 17.4. The molecule has 1 aliphatic heterocycles. The number of thiazole rings is 1. The molecule has 1 N–H and O–H groups in total. The molecule has 104 valence electrons. The Bertz CT molecular complexity index is 624. The van der Waals surface area contributed by atoms with E-state index in [1.54, 1.807) is 0 Å². The molecule has 0 atom stereocenters. The lowest BCUT2D eigenvalue weighted by Gasteiger charge is -2.19. The van der Waals surface area contributed by atoms with Crippen LogP contribution in [0.15, 0.2) is 29.6 Å². The second-order valence-electron chi connectivity index (χ2n) is 4.99. The highest BCUT2D eigenvalue weighted by molar-refractivity contribution is 7.13. The van der Waals surface area contributed by atoms with Crippen LogP contribution < -0.4 is 4.90 Å². The predicted molar refractivity (Wildman–Crippen MR) is 79.3 cm³/mol. The van der Waals surface area contributed by atoms with Crippen LogP contribution in [0.5, 0.6) is 0 Å². The summed E-state index contributed by atoms with van der Waals surface area (Å²) in [5, 5.41) is 11.6. The molecule has 0 spiro atoms. The molecular formula is C15H16N2O2S. The summed E-state index contributed by atoms with van der Waals surface area (Å²) in [5.74, 6) is -0.830. The van der Waals surface area contributed by atoms with Gasteiger partial charge in [-0.3, -0.25) is 4.79 Å². The van der Waals surface area contributed by atoms with Gasteiger partial charge in [0.2, 0.25) is 0 Å². The minimum Gasteiger partial charge on any atom is -0.481 e. The number of carboxylic acid groups (broad SMARTS) is 1. The van der Waals surface area contributed by atoms with Crippen molar-refractivity contribution in [1.29, 1.82) is 0 Å². The molecule has 4 nitrogen and oxygen atoms in total. The average Bonchev–Trinajstić information content (AvgIpc) is 2.76. The molecular weight excluding hydrogens is 272 g/mol. The van der Waals surface area contributed by atoms with Crippen LogP contribution >= 0.6 is 11.3 Å². The molecule has 2 heterocycles. The topological polar surface area (TPSA) is 53.4 Å². The zero-order valence-corrected chi connectivity index (χ0v) is 11.9. The Labute approximate surface area is 121 Å². The van der Waals surface area contributed by atoms with Crippen LogP contribution in [0.2, 0.25) is 0 Å². The molecule has 1 aromatic heterocycles. The minimum absolute atomic E-state index is 0.000920. The van der Waals surface area contributed by atoms with E-state index in [-0.39, 0.29) is 6.42 Å². The van der Waals surface area contributed by atoms with Gasteiger partial charge < -0.3 is 10.0 Å². The van der Waals surface area contributed by atoms with Gasteiger partial charge in [0.05, 0.1) is 12.1 Å². The Balaban J connectivity index is 1.80. The van der Waals surface area contributed by atoms with Gasteiger partial charge in [0.15, 0.2) is 5.13 Å². The molecule has 0 saturated carbocycles. The summed E-state index contributed by atoms with van der Waals surface area (Å²) >= 11 is 1.53. The molecule has 0 unspecified atom stereocenters. The third-order valence-electron chi connectivity index (χ3n) is 3.50. The number of carboxylic acids is 1. The number of aryl methyl sites for hydroxylation is 1. The van der Waals surface area contributed by atoms with Crippen LogP contribution in [0, 0.1) is 0 Å². The number of aliphatic carboxylic acids is 1. The normalized spacial score (nSPS) is 14.7. The van der Waals surface area contributed by atoms with E-state index in [1.807, 2.05) is 5.38 Å². The summed E-state index contributed by atoms with van der Waals surface area (Å²) in [5.41, 5.74) is 3.41. The van der Waals surface area contributed by atoms with Crippen molar-refractivity contribution in [3.8, 4) is 0 Å². The van der Waals surface area contributed by atoms with Gasteiger partial charge >= 0.3 is 5.97 Å². The zero-order chi connectivity index (χ0) is 13.9. The minimum atomic E-state index is -0.830. The first-order chi connectivity index (χ1) is 9.72. The third kappa shape index (κ3) is 2.82. The average molecular weight is 288 g/mol. The number of nitrogens with zero attached hydrogens (tertiary/aromatic N) is 2. The van der Waals surface area contributed by atoms with Crippen molar-refractivity contribution in [2.24, 2.45) is 0 Å². The van der Waals surface area contributed by atoms with Crippen LogP contribution in [0.25, 0.3) is 0 Å². The van der Waals surface area contributed by atoms with Gasteiger partial charge in [-0.25, -0.2) is 4.98 Å². The molecule has 5 heteroatoms. The highest BCUT2D eigenvalue weighted by Gasteiger charge is 2.17. The number of carbonyl (C=O) groups is 1. The Morgan fingerprint density at radius 2 is 2.15 bits per heavy atom. The number of hydrogen-bond acceptors (Lipinski definition) is 4. The molecule has 20 heavy (non-hydrogen) atoms. The lowest BCUT2D eigenvalue weighted by molar-refractivity contribution is -0.136. The number of fused-ring (bicyclic) bond motifs is 1. The highest BCUT2D eigenvalue weighted by atomic mass is 32.1. The van der Waals surface area contributed by atoms with Gasteiger partial charge in [0.1, 0.15) is 0 Å². The van der Waals surface area contributed by atoms with Gasteiger partial charge in [0, 0.05) is 18.5 Å². The fourth-order valence-electron chi connectivity index (χ4n) is 2.54. The van der Waals surface area contributed by atoms with Gasteiger partial charge in [-0.15, -0.1) is 11.3 Å². The first kappa shape index (κ1) is 13.1. The number of hydrogen-bond donors (Lipinski definition) is 1. The Kier molecular flexibility index (Phi) is 3.69. The SMILES string of the molecule is O=C(O)Cc1csc(N2CCCc3ccccc3C2)n1. The first-order valence-electron chi connectivity index (χ1n) is 6.70. The van der Waals surface area contributed by atoms with Gasteiger partial charge in [0.25, 0.3) is 0 Å². The van der Waals surface area contributed by atoms with E-state index < -0.39 is 5.97 Å². The van der Waals surface area contributed by atoms with Gasteiger partial charge in [-0.05, 0) is 24.0 Å².